The molecular formula is C15H20F2N2O. The minimum atomic E-state index is -2.61. The Morgan fingerprint density at radius 1 is 1.35 bits per heavy atom. The molecule has 1 aliphatic carbocycles. The SMILES string of the molecule is CC(N)c1ccccc1NC(=O)C1CCC(F)(F)CC1. The predicted octanol–water partition coefficient (Wildman–Crippen LogP) is 3.47. The molecule has 1 aromatic rings. The molecule has 0 aromatic heterocycles. The van der Waals surface area contributed by atoms with Crippen molar-refractivity contribution in [1.29, 1.82) is 0 Å². The number of amides is 1. The molecule has 1 unspecified atom stereocenters. The molecule has 110 valence electrons. The molecule has 1 amide bonds. The van der Waals surface area contributed by atoms with Crippen molar-refractivity contribution in [2.24, 2.45) is 11.7 Å². The summed E-state index contributed by atoms with van der Waals surface area (Å²) in [6.45, 7) is 1.84. The van der Waals surface area contributed by atoms with Gasteiger partial charge in [-0.2, -0.15) is 0 Å². The van der Waals surface area contributed by atoms with E-state index in [-0.39, 0.29) is 43.6 Å². The van der Waals surface area contributed by atoms with Crippen LogP contribution in [-0.4, -0.2) is 11.8 Å². The van der Waals surface area contributed by atoms with Crippen LogP contribution in [0.5, 0.6) is 0 Å². The number of hydrogen-bond donors (Lipinski definition) is 2. The van der Waals surface area contributed by atoms with E-state index in [9.17, 15) is 13.6 Å². The lowest BCUT2D eigenvalue weighted by atomic mass is 9.86. The van der Waals surface area contributed by atoms with Crippen LogP contribution in [0.4, 0.5) is 14.5 Å². The van der Waals surface area contributed by atoms with E-state index in [4.69, 9.17) is 5.73 Å². The maximum absolute atomic E-state index is 13.1. The molecule has 5 heteroatoms. The van der Waals surface area contributed by atoms with Crippen LogP contribution in [0.2, 0.25) is 0 Å². The molecule has 3 nitrogen and oxygen atoms in total. The monoisotopic (exact) mass is 282 g/mol. The maximum atomic E-state index is 13.1. The van der Waals surface area contributed by atoms with Crippen LogP contribution >= 0.6 is 0 Å². The van der Waals surface area contributed by atoms with Crippen molar-refractivity contribution in [2.45, 2.75) is 44.6 Å². The second-order valence-corrected chi connectivity index (χ2v) is 5.50. The fraction of sp³-hybridized carbons (Fsp3) is 0.533. The van der Waals surface area contributed by atoms with Gasteiger partial charge in [-0.05, 0) is 31.4 Å². The zero-order valence-corrected chi connectivity index (χ0v) is 11.5. The highest BCUT2D eigenvalue weighted by molar-refractivity contribution is 5.93. The van der Waals surface area contributed by atoms with E-state index in [1.54, 1.807) is 6.07 Å². The third-order valence-corrected chi connectivity index (χ3v) is 3.80. The van der Waals surface area contributed by atoms with Gasteiger partial charge in [0.05, 0.1) is 0 Å². The zero-order valence-electron chi connectivity index (χ0n) is 11.5. The quantitative estimate of drug-likeness (QED) is 0.892. The highest BCUT2D eigenvalue weighted by Crippen LogP contribution is 2.36. The van der Waals surface area contributed by atoms with Crippen LogP contribution in [0.25, 0.3) is 0 Å². The van der Waals surface area contributed by atoms with Gasteiger partial charge in [0.15, 0.2) is 0 Å². The highest BCUT2D eigenvalue weighted by Gasteiger charge is 2.37. The van der Waals surface area contributed by atoms with Crippen LogP contribution in [0.3, 0.4) is 0 Å². The number of halogens is 2. The van der Waals surface area contributed by atoms with Crippen molar-refractivity contribution in [3.63, 3.8) is 0 Å². The highest BCUT2D eigenvalue weighted by atomic mass is 19.3. The average Bonchev–Trinajstić information content (AvgIpc) is 2.38. The number of para-hydroxylation sites is 1. The number of anilines is 1. The number of carbonyl (C=O) groups excluding carboxylic acids is 1. The molecule has 0 saturated heterocycles. The lowest BCUT2D eigenvalue weighted by Gasteiger charge is -2.27. The first-order chi connectivity index (χ1) is 9.39. The van der Waals surface area contributed by atoms with Gasteiger partial charge in [0.1, 0.15) is 0 Å². The number of alkyl halides is 2. The number of benzene rings is 1. The average molecular weight is 282 g/mol. The lowest BCUT2D eigenvalue weighted by molar-refractivity contribution is -0.124. The molecule has 0 aliphatic heterocycles. The topological polar surface area (TPSA) is 55.1 Å². The van der Waals surface area contributed by atoms with E-state index in [0.717, 1.165) is 5.56 Å². The van der Waals surface area contributed by atoms with Gasteiger partial charge in [-0.3, -0.25) is 4.79 Å². The Balaban J connectivity index is 2.02. The first-order valence-electron chi connectivity index (χ1n) is 6.92. The van der Waals surface area contributed by atoms with Gasteiger partial charge in [-0.1, -0.05) is 18.2 Å². The molecule has 0 spiro atoms. The summed E-state index contributed by atoms with van der Waals surface area (Å²) in [5.74, 6) is -3.13. The Morgan fingerprint density at radius 3 is 2.55 bits per heavy atom. The van der Waals surface area contributed by atoms with Crippen molar-refractivity contribution in [3.05, 3.63) is 29.8 Å². The van der Waals surface area contributed by atoms with Gasteiger partial charge in [0.2, 0.25) is 11.8 Å². The van der Waals surface area contributed by atoms with Crippen LogP contribution in [0, 0.1) is 5.92 Å². The summed E-state index contributed by atoms with van der Waals surface area (Å²) in [6.07, 6.45) is 0.0540. The second-order valence-electron chi connectivity index (χ2n) is 5.50. The van der Waals surface area contributed by atoms with Crippen LogP contribution in [0.15, 0.2) is 24.3 Å². The first kappa shape index (κ1) is 14.9. The standard InChI is InChI=1S/C15H20F2N2O/c1-10(18)12-4-2-3-5-13(12)19-14(20)11-6-8-15(16,17)9-7-11/h2-5,10-11H,6-9,18H2,1H3,(H,19,20). The number of nitrogens with two attached hydrogens (primary N) is 1. The van der Waals surface area contributed by atoms with E-state index < -0.39 is 5.92 Å². The minimum absolute atomic E-state index is 0.186. The Hall–Kier alpha value is -1.49. The Morgan fingerprint density at radius 2 is 1.95 bits per heavy atom. The van der Waals surface area contributed by atoms with Crippen LogP contribution < -0.4 is 11.1 Å². The van der Waals surface area contributed by atoms with Crippen molar-refractivity contribution in [1.82, 2.24) is 0 Å². The van der Waals surface area contributed by atoms with Crippen LogP contribution in [-0.2, 0) is 4.79 Å². The van der Waals surface area contributed by atoms with Crippen molar-refractivity contribution in [2.75, 3.05) is 5.32 Å². The molecule has 1 fully saturated rings. The number of nitrogens with one attached hydrogen (secondary N) is 1. The van der Waals surface area contributed by atoms with Crippen molar-refractivity contribution < 1.29 is 13.6 Å². The third-order valence-electron chi connectivity index (χ3n) is 3.80. The van der Waals surface area contributed by atoms with E-state index in [2.05, 4.69) is 5.32 Å². The van der Waals surface area contributed by atoms with Gasteiger partial charge in [-0.15, -0.1) is 0 Å². The molecule has 0 radical (unpaired) electrons. The zero-order chi connectivity index (χ0) is 14.8. The molecule has 20 heavy (non-hydrogen) atoms. The summed E-state index contributed by atoms with van der Waals surface area (Å²) in [4.78, 5) is 12.2. The Kier molecular flexibility index (Phi) is 4.38. The van der Waals surface area contributed by atoms with E-state index in [1.807, 2.05) is 25.1 Å². The smallest absolute Gasteiger partial charge is 0.248 e. The molecule has 1 atom stereocenters. The summed E-state index contributed by atoms with van der Waals surface area (Å²) >= 11 is 0. The van der Waals surface area contributed by atoms with E-state index >= 15 is 0 Å². The Labute approximate surface area is 117 Å². The summed E-state index contributed by atoms with van der Waals surface area (Å²) < 4.78 is 26.2. The van der Waals surface area contributed by atoms with E-state index in [0.29, 0.717) is 5.69 Å². The van der Waals surface area contributed by atoms with Gasteiger partial charge < -0.3 is 11.1 Å². The normalized spacial score (nSPS) is 20.4. The van der Waals surface area contributed by atoms with Crippen molar-refractivity contribution >= 4 is 11.6 Å². The maximum Gasteiger partial charge on any atom is 0.248 e. The van der Waals surface area contributed by atoms with Gasteiger partial charge in [-0.25, -0.2) is 8.78 Å². The second kappa shape index (κ2) is 5.87. The summed E-state index contributed by atoms with van der Waals surface area (Å²) in [6, 6.07) is 7.12. The van der Waals surface area contributed by atoms with Crippen LogP contribution in [0.1, 0.15) is 44.2 Å². The molecule has 0 heterocycles. The molecule has 3 N–H and O–H groups in total. The number of rotatable bonds is 3. The first-order valence-corrected chi connectivity index (χ1v) is 6.92. The fourth-order valence-electron chi connectivity index (χ4n) is 2.55. The van der Waals surface area contributed by atoms with Gasteiger partial charge >= 0.3 is 0 Å². The lowest BCUT2D eigenvalue weighted by Crippen LogP contribution is -2.32. The minimum Gasteiger partial charge on any atom is -0.326 e. The Bertz CT molecular complexity index is 479. The molecule has 0 bridgehead atoms. The van der Waals surface area contributed by atoms with Crippen molar-refractivity contribution in [3.8, 4) is 0 Å². The molecule has 2 rings (SSSR count). The number of hydrogen-bond acceptors (Lipinski definition) is 2. The molecule has 1 aliphatic rings. The largest absolute Gasteiger partial charge is 0.326 e. The predicted molar refractivity (Wildman–Crippen MR) is 74.6 cm³/mol. The number of carbonyl (C=O) groups is 1. The molecule has 1 aromatic carbocycles. The van der Waals surface area contributed by atoms with E-state index in [1.165, 1.54) is 0 Å². The van der Waals surface area contributed by atoms with Gasteiger partial charge in [0.25, 0.3) is 0 Å². The molecule has 1 saturated carbocycles. The summed E-state index contributed by atoms with van der Waals surface area (Å²) in [7, 11) is 0. The summed E-state index contributed by atoms with van der Waals surface area (Å²) in [5.41, 5.74) is 7.37. The fourth-order valence-corrected chi connectivity index (χ4v) is 2.55. The summed E-state index contributed by atoms with van der Waals surface area (Å²) in [5, 5.41) is 2.83. The third kappa shape index (κ3) is 3.54. The molecular weight excluding hydrogens is 262 g/mol. The van der Waals surface area contributed by atoms with Gasteiger partial charge in [0, 0.05) is 30.5 Å².